The molecule has 140 valence electrons. The van der Waals surface area contributed by atoms with Crippen LogP contribution in [0.4, 0.5) is 5.69 Å². The molecule has 3 aromatic carbocycles. The maximum Gasteiger partial charge on any atom is 0.256 e. The van der Waals surface area contributed by atoms with E-state index in [1.165, 1.54) is 11.1 Å². The predicted octanol–water partition coefficient (Wildman–Crippen LogP) is 5.55. The summed E-state index contributed by atoms with van der Waals surface area (Å²) in [5.74, 6) is -0.215. The fourth-order valence-corrected chi connectivity index (χ4v) is 3.58. The molecular weight excluding hydrogens is 487 g/mol. The van der Waals surface area contributed by atoms with Gasteiger partial charge in [-0.3, -0.25) is 4.79 Å². The van der Waals surface area contributed by atoms with Gasteiger partial charge in [-0.05, 0) is 96.1 Å². The minimum Gasteiger partial charge on any atom is -0.322 e. The highest BCUT2D eigenvalue weighted by molar-refractivity contribution is 14.1. The Kier molecular flexibility index (Phi) is 5.07. The average molecular weight is 503 g/mol. The second-order valence-electron chi connectivity index (χ2n) is 6.54. The van der Waals surface area contributed by atoms with E-state index in [-0.39, 0.29) is 5.91 Å². The summed E-state index contributed by atoms with van der Waals surface area (Å²) in [6.45, 7) is 4.13. The number of carbonyl (C=O) groups excluding carboxylic acids is 1. The van der Waals surface area contributed by atoms with Gasteiger partial charge >= 0.3 is 0 Å². The summed E-state index contributed by atoms with van der Waals surface area (Å²) in [6.07, 6.45) is 0. The highest BCUT2D eigenvalue weighted by Gasteiger charge is 2.12. The lowest BCUT2D eigenvalue weighted by atomic mass is 10.1. The Morgan fingerprint density at radius 1 is 0.964 bits per heavy atom. The molecule has 1 aromatic heterocycles. The summed E-state index contributed by atoms with van der Waals surface area (Å²) in [6, 6.07) is 16.8. The van der Waals surface area contributed by atoms with E-state index in [2.05, 4.69) is 64.1 Å². The van der Waals surface area contributed by atoms with E-state index in [4.69, 9.17) is 11.6 Å². The number of aryl methyl sites for hydroxylation is 2. The van der Waals surface area contributed by atoms with Crippen LogP contribution in [0.1, 0.15) is 21.5 Å². The lowest BCUT2D eigenvalue weighted by Gasteiger charge is -2.07. The first kappa shape index (κ1) is 18.9. The van der Waals surface area contributed by atoms with Crippen molar-refractivity contribution in [3.8, 4) is 5.69 Å². The second kappa shape index (κ2) is 7.52. The number of halogens is 2. The fraction of sp³-hybridized carbons (Fsp3) is 0.0952. The molecule has 7 heteroatoms. The van der Waals surface area contributed by atoms with E-state index >= 15 is 0 Å². The monoisotopic (exact) mass is 502 g/mol. The maximum absolute atomic E-state index is 12.6. The highest BCUT2D eigenvalue weighted by Crippen LogP contribution is 2.22. The number of rotatable bonds is 3. The third kappa shape index (κ3) is 3.74. The third-order valence-electron chi connectivity index (χ3n) is 4.53. The zero-order chi connectivity index (χ0) is 19.8. The first-order chi connectivity index (χ1) is 13.4. The Hall–Kier alpha value is -2.45. The van der Waals surface area contributed by atoms with Gasteiger partial charge in [-0.1, -0.05) is 17.7 Å². The van der Waals surface area contributed by atoms with Crippen molar-refractivity contribution in [1.82, 2.24) is 15.0 Å². The number of hydrogen-bond acceptors (Lipinski definition) is 3. The van der Waals surface area contributed by atoms with E-state index < -0.39 is 0 Å². The minimum atomic E-state index is -0.215. The number of carbonyl (C=O) groups is 1. The molecule has 4 aromatic rings. The molecule has 0 bridgehead atoms. The molecule has 5 nitrogen and oxygen atoms in total. The van der Waals surface area contributed by atoms with Crippen LogP contribution in [-0.2, 0) is 0 Å². The zero-order valence-corrected chi connectivity index (χ0v) is 18.1. The third-order valence-corrected chi connectivity index (χ3v) is 5.71. The first-order valence-corrected chi connectivity index (χ1v) is 10.1. The molecule has 0 unspecified atom stereocenters. The van der Waals surface area contributed by atoms with Crippen molar-refractivity contribution in [2.45, 2.75) is 13.8 Å². The van der Waals surface area contributed by atoms with Gasteiger partial charge < -0.3 is 5.32 Å². The number of benzene rings is 3. The van der Waals surface area contributed by atoms with Crippen LogP contribution in [0.25, 0.3) is 16.7 Å². The quantitative estimate of drug-likeness (QED) is 0.374. The molecular formula is C21H16ClIN4O. The average Bonchev–Trinajstić information content (AvgIpc) is 3.09. The molecule has 0 radical (unpaired) electrons. The van der Waals surface area contributed by atoms with Gasteiger partial charge in [0.25, 0.3) is 5.91 Å². The number of amides is 1. The molecule has 0 aliphatic rings. The first-order valence-electron chi connectivity index (χ1n) is 8.62. The van der Waals surface area contributed by atoms with Crippen LogP contribution in [0.3, 0.4) is 0 Å². The van der Waals surface area contributed by atoms with Gasteiger partial charge in [0.05, 0.1) is 11.3 Å². The molecule has 0 saturated carbocycles. The minimum absolute atomic E-state index is 0.215. The van der Waals surface area contributed by atoms with Crippen molar-refractivity contribution in [1.29, 1.82) is 0 Å². The van der Waals surface area contributed by atoms with Crippen LogP contribution in [0, 0.1) is 17.4 Å². The standard InChI is InChI=1S/C21H16ClIN4O/c1-12-3-6-16(9-13(12)2)27-25-19-8-5-15(11-20(19)26-27)24-21(28)17-10-14(22)4-7-18(17)23/h3-11H,1-2H3,(H,24,28). The van der Waals surface area contributed by atoms with E-state index in [9.17, 15) is 4.79 Å². The van der Waals surface area contributed by atoms with Gasteiger partial charge in [-0.15, -0.1) is 10.2 Å². The van der Waals surface area contributed by atoms with E-state index in [1.54, 1.807) is 16.9 Å². The molecule has 0 fully saturated rings. The Bertz CT molecular complexity index is 1220. The predicted molar refractivity (Wildman–Crippen MR) is 120 cm³/mol. The number of aromatic nitrogens is 3. The van der Waals surface area contributed by atoms with E-state index in [0.29, 0.717) is 21.8 Å². The number of fused-ring (bicyclic) bond motifs is 1. The highest BCUT2D eigenvalue weighted by atomic mass is 127. The number of hydrogen-bond donors (Lipinski definition) is 1. The van der Waals surface area contributed by atoms with Crippen LogP contribution in [-0.4, -0.2) is 20.9 Å². The molecule has 0 atom stereocenters. The number of anilines is 1. The van der Waals surface area contributed by atoms with Crippen LogP contribution in [0.2, 0.25) is 5.02 Å². The van der Waals surface area contributed by atoms with Crippen molar-refractivity contribution in [3.63, 3.8) is 0 Å². The van der Waals surface area contributed by atoms with Crippen molar-refractivity contribution >= 4 is 56.8 Å². The van der Waals surface area contributed by atoms with Gasteiger partial charge in [0.15, 0.2) is 0 Å². The van der Waals surface area contributed by atoms with Gasteiger partial charge in [-0.2, -0.15) is 4.80 Å². The second-order valence-corrected chi connectivity index (χ2v) is 8.14. The molecule has 1 heterocycles. The molecule has 1 N–H and O–H groups in total. The summed E-state index contributed by atoms with van der Waals surface area (Å²) < 4.78 is 0.835. The fourth-order valence-electron chi connectivity index (χ4n) is 2.83. The van der Waals surface area contributed by atoms with Gasteiger partial charge in [0, 0.05) is 14.3 Å². The SMILES string of the molecule is Cc1ccc(-n2nc3ccc(NC(=O)c4cc(Cl)ccc4I)cc3n2)cc1C. The molecule has 28 heavy (non-hydrogen) atoms. The summed E-state index contributed by atoms with van der Waals surface area (Å²) in [7, 11) is 0. The van der Waals surface area contributed by atoms with Crippen LogP contribution < -0.4 is 5.32 Å². The smallest absolute Gasteiger partial charge is 0.256 e. The maximum atomic E-state index is 12.6. The Morgan fingerprint density at radius 2 is 1.75 bits per heavy atom. The van der Waals surface area contributed by atoms with Gasteiger partial charge in [0.1, 0.15) is 11.0 Å². The molecule has 4 rings (SSSR count). The Balaban J connectivity index is 1.63. The number of nitrogens with zero attached hydrogens (tertiary/aromatic N) is 3. The zero-order valence-electron chi connectivity index (χ0n) is 15.2. The summed E-state index contributed by atoms with van der Waals surface area (Å²) in [4.78, 5) is 14.2. The normalized spacial score (nSPS) is 11.0. The van der Waals surface area contributed by atoms with Gasteiger partial charge in [0.2, 0.25) is 0 Å². The number of nitrogens with one attached hydrogen (secondary N) is 1. The molecule has 0 aliphatic heterocycles. The largest absolute Gasteiger partial charge is 0.322 e. The summed E-state index contributed by atoms with van der Waals surface area (Å²) >= 11 is 8.14. The molecule has 0 saturated heterocycles. The summed E-state index contributed by atoms with van der Waals surface area (Å²) in [5, 5.41) is 12.5. The van der Waals surface area contributed by atoms with Crippen molar-refractivity contribution in [3.05, 3.63) is 79.9 Å². The molecule has 0 aliphatic carbocycles. The Labute approximate surface area is 180 Å². The van der Waals surface area contributed by atoms with Crippen LogP contribution in [0.5, 0.6) is 0 Å². The van der Waals surface area contributed by atoms with Crippen molar-refractivity contribution < 1.29 is 4.79 Å². The molecule has 1 amide bonds. The van der Waals surface area contributed by atoms with Gasteiger partial charge in [-0.25, -0.2) is 0 Å². The summed E-state index contributed by atoms with van der Waals surface area (Å²) in [5.41, 5.74) is 5.96. The van der Waals surface area contributed by atoms with E-state index in [1.807, 2.05) is 30.3 Å². The van der Waals surface area contributed by atoms with Crippen molar-refractivity contribution in [2.75, 3.05) is 5.32 Å². The van der Waals surface area contributed by atoms with Crippen LogP contribution in [0.15, 0.2) is 54.6 Å². The Morgan fingerprint density at radius 3 is 2.54 bits per heavy atom. The van der Waals surface area contributed by atoms with Crippen molar-refractivity contribution in [2.24, 2.45) is 0 Å². The van der Waals surface area contributed by atoms with E-state index in [0.717, 1.165) is 14.8 Å². The lowest BCUT2D eigenvalue weighted by molar-refractivity contribution is 0.102. The molecule has 0 spiro atoms. The lowest BCUT2D eigenvalue weighted by Crippen LogP contribution is -2.13. The van der Waals surface area contributed by atoms with Crippen LogP contribution >= 0.6 is 34.2 Å². The topological polar surface area (TPSA) is 59.8 Å².